The number of carboxylic acids is 1. The molecule has 0 radical (unpaired) electrons. The lowest BCUT2D eigenvalue weighted by Crippen LogP contribution is -2.57. The summed E-state index contributed by atoms with van der Waals surface area (Å²) in [5, 5.41) is 19.3. The van der Waals surface area contributed by atoms with Gasteiger partial charge in [0.15, 0.2) is 0 Å². The Hall–Kier alpha value is -0.900. The second kappa shape index (κ2) is 7.11. The number of fused-ring (bicyclic) bond motifs is 5. The van der Waals surface area contributed by atoms with Crippen molar-refractivity contribution < 1.29 is 19.8 Å². The first-order valence-corrected chi connectivity index (χ1v) is 11.6. The average Bonchev–Trinajstić information content (AvgIpc) is 3.00. The third-order valence-electron chi connectivity index (χ3n) is 10.1. The van der Waals surface area contributed by atoms with E-state index in [-0.39, 0.29) is 23.4 Å². The van der Waals surface area contributed by atoms with Gasteiger partial charge in [-0.3, -0.25) is 9.59 Å². The molecule has 5 unspecified atom stereocenters. The Kier molecular flexibility index (Phi) is 5.17. The van der Waals surface area contributed by atoms with Gasteiger partial charge in [-0.15, -0.1) is 0 Å². The quantitative estimate of drug-likeness (QED) is 0.730. The van der Waals surface area contributed by atoms with Crippen molar-refractivity contribution in [2.45, 2.75) is 91.1 Å². The Bertz CT molecular complexity index is 645. The van der Waals surface area contributed by atoms with Gasteiger partial charge in [-0.25, -0.2) is 0 Å². The molecule has 0 aromatic carbocycles. The Morgan fingerprint density at radius 1 is 1.14 bits per heavy atom. The first-order valence-electron chi connectivity index (χ1n) is 11.6. The molecular formula is C24H38O4. The van der Waals surface area contributed by atoms with E-state index in [0.717, 1.165) is 32.1 Å². The highest BCUT2D eigenvalue weighted by atomic mass is 16.4. The Morgan fingerprint density at radius 3 is 2.61 bits per heavy atom. The van der Waals surface area contributed by atoms with Crippen LogP contribution in [0.4, 0.5) is 0 Å². The summed E-state index contributed by atoms with van der Waals surface area (Å²) in [5.41, 5.74) is -0.0391. The molecule has 4 fully saturated rings. The van der Waals surface area contributed by atoms with E-state index < -0.39 is 5.97 Å². The van der Waals surface area contributed by atoms with Crippen molar-refractivity contribution in [2.24, 2.45) is 46.3 Å². The summed E-state index contributed by atoms with van der Waals surface area (Å²) in [7, 11) is 0. The van der Waals surface area contributed by atoms with Crippen molar-refractivity contribution in [2.75, 3.05) is 0 Å². The summed E-state index contributed by atoms with van der Waals surface area (Å²) in [6.07, 6.45) is 8.96. The smallest absolute Gasteiger partial charge is 0.303 e. The molecule has 0 aromatic heterocycles. The van der Waals surface area contributed by atoms with Gasteiger partial charge in [0.25, 0.3) is 0 Å². The van der Waals surface area contributed by atoms with Crippen LogP contribution in [-0.4, -0.2) is 28.1 Å². The lowest BCUT2D eigenvalue weighted by molar-refractivity contribution is -0.160. The summed E-state index contributed by atoms with van der Waals surface area (Å²) in [4.78, 5) is 24.7. The minimum absolute atomic E-state index is 0.148. The lowest BCUT2D eigenvalue weighted by atomic mass is 9.44. The number of hydrogen-bond donors (Lipinski definition) is 2. The van der Waals surface area contributed by atoms with Gasteiger partial charge < -0.3 is 10.2 Å². The molecule has 0 bridgehead atoms. The first kappa shape index (κ1) is 20.4. The Morgan fingerprint density at radius 2 is 1.89 bits per heavy atom. The molecule has 0 amide bonds. The monoisotopic (exact) mass is 390 g/mol. The van der Waals surface area contributed by atoms with Gasteiger partial charge >= 0.3 is 5.97 Å². The molecule has 4 aliphatic rings. The normalized spacial score (nSPS) is 49.1. The maximum absolute atomic E-state index is 13.6. The van der Waals surface area contributed by atoms with Crippen LogP contribution in [0, 0.1) is 46.3 Å². The zero-order valence-electron chi connectivity index (χ0n) is 17.8. The van der Waals surface area contributed by atoms with E-state index >= 15 is 0 Å². The van der Waals surface area contributed by atoms with E-state index in [1.807, 2.05) is 0 Å². The predicted molar refractivity (Wildman–Crippen MR) is 108 cm³/mol. The number of aliphatic carboxylic acids is 1. The number of Topliss-reactive ketones (excluding diaryl/α,β-unsaturated/α-hetero) is 1. The van der Waals surface area contributed by atoms with Crippen LogP contribution in [0.1, 0.15) is 85.0 Å². The fraction of sp³-hybridized carbons (Fsp3) is 0.917. The van der Waals surface area contributed by atoms with Crippen molar-refractivity contribution in [3.05, 3.63) is 0 Å². The molecule has 2 N–H and O–H groups in total. The highest BCUT2D eigenvalue weighted by Gasteiger charge is 2.63. The maximum Gasteiger partial charge on any atom is 0.303 e. The van der Waals surface area contributed by atoms with Gasteiger partial charge in [0, 0.05) is 18.3 Å². The number of rotatable bonds is 4. The van der Waals surface area contributed by atoms with E-state index in [1.54, 1.807) is 0 Å². The van der Waals surface area contributed by atoms with Crippen molar-refractivity contribution in [1.82, 2.24) is 0 Å². The molecule has 9 atom stereocenters. The molecule has 0 spiro atoms. The second-order valence-electron chi connectivity index (χ2n) is 11.1. The Balaban J connectivity index is 1.57. The third-order valence-corrected chi connectivity index (χ3v) is 10.1. The van der Waals surface area contributed by atoms with E-state index in [9.17, 15) is 14.7 Å². The predicted octanol–water partition coefficient (Wildman–Crippen LogP) is 4.69. The highest BCUT2D eigenvalue weighted by Crippen LogP contribution is 2.67. The zero-order valence-corrected chi connectivity index (χ0v) is 17.8. The van der Waals surface area contributed by atoms with Gasteiger partial charge in [-0.2, -0.15) is 0 Å². The van der Waals surface area contributed by atoms with Crippen molar-refractivity contribution in [3.63, 3.8) is 0 Å². The van der Waals surface area contributed by atoms with Crippen LogP contribution in [0.3, 0.4) is 0 Å². The molecule has 4 rings (SSSR count). The fourth-order valence-corrected chi connectivity index (χ4v) is 8.44. The Labute approximate surface area is 169 Å². The number of ketones is 1. The van der Waals surface area contributed by atoms with Crippen LogP contribution in [0.5, 0.6) is 0 Å². The van der Waals surface area contributed by atoms with Crippen molar-refractivity contribution in [1.29, 1.82) is 0 Å². The minimum Gasteiger partial charge on any atom is -0.481 e. The van der Waals surface area contributed by atoms with Crippen molar-refractivity contribution >= 4 is 11.8 Å². The van der Waals surface area contributed by atoms with E-state index in [0.29, 0.717) is 54.1 Å². The summed E-state index contributed by atoms with van der Waals surface area (Å²) < 4.78 is 0. The fourth-order valence-electron chi connectivity index (χ4n) is 8.44. The molecule has 0 saturated heterocycles. The maximum atomic E-state index is 13.6. The van der Waals surface area contributed by atoms with Gasteiger partial charge in [0.05, 0.1) is 6.10 Å². The van der Waals surface area contributed by atoms with Crippen LogP contribution in [-0.2, 0) is 9.59 Å². The van der Waals surface area contributed by atoms with Gasteiger partial charge in [-0.05, 0) is 92.3 Å². The van der Waals surface area contributed by atoms with Crippen molar-refractivity contribution in [3.8, 4) is 0 Å². The number of carbonyl (C=O) groups is 2. The third kappa shape index (κ3) is 2.97. The molecule has 28 heavy (non-hydrogen) atoms. The number of carboxylic acid groups (broad SMARTS) is 1. The molecule has 0 heterocycles. The van der Waals surface area contributed by atoms with Crippen LogP contribution >= 0.6 is 0 Å². The molecule has 0 aromatic rings. The van der Waals surface area contributed by atoms with E-state index in [4.69, 9.17) is 5.11 Å². The molecular weight excluding hydrogens is 352 g/mol. The highest BCUT2D eigenvalue weighted by molar-refractivity contribution is 5.87. The summed E-state index contributed by atoms with van der Waals surface area (Å²) in [5.74, 6) is 2.52. The van der Waals surface area contributed by atoms with E-state index in [1.165, 1.54) is 12.8 Å². The SMILES string of the molecule is CC(CCC(=O)O)[C@H]1CCC2C3CCC4C[C@H](O)CC[C@]4(C)C3CC(=O)[C@@]21C. The van der Waals surface area contributed by atoms with Gasteiger partial charge in [0.1, 0.15) is 5.78 Å². The molecule has 4 aliphatic carbocycles. The van der Waals surface area contributed by atoms with Gasteiger partial charge in [-0.1, -0.05) is 20.8 Å². The number of aliphatic hydroxyl groups excluding tert-OH is 1. The average molecular weight is 391 g/mol. The molecule has 0 aliphatic heterocycles. The summed E-state index contributed by atoms with van der Waals surface area (Å²) >= 11 is 0. The molecule has 158 valence electrons. The molecule has 4 nitrogen and oxygen atoms in total. The number of hydrogen-bond acceptors (Lipinski definition) is 3. The molecule has 4 heteroatoms. The van der Waals surface area contributed by atoms with Gasteiger partial charge in [0.2, 0.25) is 0 Å². The topological polar surface area (TPSA) is 74.6 Å². The summed E-state index contributed by atoms with van der Waals surface area (Å²) in [6.45, 7) is 6.81. The number of carbonyl (C=O) groups excluding carboxylic acids is 1. The second-order valence-corrected chi connectivity index (χ2v) is 11.1. The minimum atomic E-state index is -0.729. The van der Waals surface area contributed by atoms with Crippen LogP contribution in [0.15, 0.2) is 0 Å². The summed E-state index contributed by atoms with van der Waals surface area (Å²) in [6, 6.07) is 0. The van der Waals surface area contributed by atoms with Crippen LogP contribution < -0.4 is 0 Å². The largest absolute Gasteiger partial charge is 0.481 e. The molecule has 4 saturated carbocycles. The van der Waals surface area contributed by atoms with Crippen LogP contribution in [0.2, 0.25) is 0 Å². The van der Waals surface area contributed by atoms with E-state index in [2.05, 4.69) is 20.8 Å². The first-order chi connectivity index (χ1) is 13.2. The zero-order chi connectivity index (χ0) is 20.3. The number of aliphatic hydroxyl groups is 1. The lowest BCUT2D eigenvalue weighted by Gasteiger charge is -2.60. The standard InChI is InChI=1S/C24H38O4/c1-14(4-9-22(27)28)18-7-8-19-17-6-5-15-12-16(25)10-11-23(15,2)20(17)13-21(26)24(18,19)3/h14-20,25H,4-13H2,1-3H3,(H,27,28)/t14?,15?,16-,17?,18-,19?,20?,23+,24-/m1/s1. The van der Waals surface area contributed by atoms with Crippen LogP contribution in [0.25, 0.3) is 0 Å².